The first-order valence-electron chi connectivity index (χ1n) is 18.2. The Labute approximate surface area is 311 Å². The van der Waals surface area contributed by atoms with E-state index in [1.807, 2.05) is 30.6 Å². The number of pyridine rings is 1. The molecule has 0 radical (unpaired) electrons. The van der Waals surface area contributed by atoms with Crippen LogP contribution in [0.3, 0.4) is 0 Å². The molecule has 0 aliphatic carbocycles. The molecule has 0 saturated heterocycles. The molecular weight excluding hydrogens is 657 g/mol. The lowest BCUT2D eigenvalue weighted by Gasteiger charge is -2.15. The highest BCUT2D eigenvalue weighted by Gasteiger charge is 2.18. The fraction of sp³-hybridized carbons (Fsp3) is 0. The van der Waals surface area contributed by atoms with Gasteiger partial charge in [0.05, 0.1) is 0 Å². The number of hydrogen-bond donors (Lipinski definition) is 0. The number of benzene rings is 9. The van der Waals surface area contributed by atoms with Gasteiger partial charge in [-0.05, 0) is 77.1 Å². The van der Waals surface area contributed by atoms with E-state index in [1.54, 1.807) is 0 Å². The van der Waals surface area contributed by atoms with Gasteiger partial charge in [0, 0.05) is 39.9 Å². The number of rotatable bonds is 4. The smallest absolute Gasteiger partial charge is 0.164 e. The fourth-order valence-corrected chi connectivity index (χ4v) is 8.28. The van der Waals surface area contributed by atoms with Gasteiger partial charge in [-0.25, -0.2) is 15.0 Å². The van der Waals surface area contributed by atoms with Crippen LogP contribution in [0.25, 0.3) is 110 Å². The molecule has 2 heterocycles. The van der Waals surface area contributed by atoms with Crippen LogP contribution >= 0.6 is 0 Å². The summed E-state index contributed by atoms with van der Waals surface area (Å²) in [5, 5.41) is 14.4. The summed E-state index contributed by atoms with van der Waals surface area (Å²) in [6.07, 6.45) is 3.85. The second-order valence-electron chi connectivity index (χ2n) is 13.8. The van der Waals surface area contributed by atoms with E-state index in [0.29, 0.717) is 17.5 Å². The predicted octanol–water partition coefficient (Wildman–Crippen LogP) is 12.9. The highest BCUT2D eigenvalue weighted by molar-refractivity contribution is 6.28. The Morgan fingerprint density at radius 3 is 1.57 bits per heavy atom. The van der Waals surface area contributed by atoms with Gasteiger partial charge in [-0.2, -0.15) is 0 Å². The maximum absolute atomic E-state index is 5.24. The molecule has 4 heteroatoms. The molecule has 250 valence electrons. The van der Waals surface area contributed by atoms with Crippen molar-refractivity contribution in [2.45, 2.75) is 0 Å². The van der Waals surface area contributed by atoms with Crippen molar-refractivity contribution in [2.75, 3.05) is 0 Å². The summed E-state index contributed by atoms with van der Waals surface area (Å²) in [4.78, 5) is 20.0. The van der Waals surface area contributed by atoms with Crippen LogP contribution in [0.5, 0.6) is 0 Å². The molecular formula is C50H30N4. The SMILES string of the molecule is c1ccc(-c2nc(-c3ccc(-c4cc5ccccc5c5ccc6ccncc6c45)cc3)nc(-c3cccc4c5ccccc5c5ccccc5c34)n2)cc1. The molecule has 0 fully saturated rings. The molecule has 11 rings (SSSR count). The first-order chi connectivity index (χ1) is 26.8. The van der Waals surface area contributed by atoms with Crippen LogP contribution in [0, 0.1) is 0 Å². The average Bonchev–Trinajstić information content (AvgIpc) is 3.26. The van der Waals surface area contributed by atoms with Gasteiger partial charge in [-0.3, -0.25) is 4.98 Å². The zero-order valence-corrected chi connectivity index (χ0v) is 29.1. The molecule has 0 unspecified atom stereocenters. The fourth-order valence-electron chi connectivity index (χ4n) is 8.28. The zero-order valence-electron chi connectivity index (χ0n) is 29.1. The topological polar surface area (TPSA) is 51.6 Å². The van der Waals surface area contributed by atoms with Crippen molar-refractivity contribution in [1.29, 1.82) is 0 Å². The Morgan fingerprint density at radius 1 is 0.296 bits per heavy atom. The van der Waals surface area contributed by atoms with Gasteiger partial charge in [0.2, 0.25) is 0 Å². The number of fused-ring (bicyclic) bond motifs is 11. The van der Waals surface area contributed by atoms with Crippen LogP contribution in [0.4, 0.5) is 0 Å². The standard InChI is InChI=1S/C50H30N4/c1-2-11-33(12-3-1)48-52-49(54-50(53-48)43-20-10-19-41-39-16-7-6-15-37(39)38-17-8-9-18-40(38)46(41)43)34-23-21-31(22-24-34)44-29-35-13-4-5-14-36(35)42-26-25-32-27-28-51-30-45(32)47(42)44/h1-30H. The quantitative estimate of drug-likeness (QED) is 0.173. The maximum Gasteiger partial charge on any atom is 0.164 e. The third-order valence-electron chi connectivity index (χ3n) is 10.8. The van der Waals surface area contributed by atoms with Crippen molar-refractivity contribution in [3.05, 3.63) is 182 Å². The summed E-state index contributed by atoms with van der Waals surface area (Å²) < 4.78 is 0. The van der Waals surface area contributed by atoms with E-state index in [9.17, 15) is 0 Å². The van der Waals surface area contributed by atoms with Gasteiger partial charge in [0.15, 0.2) is 17.5 Å². The Kier molecular flexibility index (Phi) is 6.82. The van der Waals surface area contributed by atoms with E-state index < -0.39 is 0 Å². The Hall–Kier alpha value is -7.30. The third kappa shape index (κ3) is 4.78. The van der Waals surface area contributed by atoms with E-state index in [0.717, 1.165) is 33.0 Å². The maximum atomic E-state index is 5.24. The Morgan fingerprint density at radius 2 is 0.833 bits per heavy atom. The Bertz CT molecular complexity index is 3220. The summed E-state index contributed by atoms with van der Waals surface area (Å²) in [7, 11) is 0. The average molecular weight is 687 g/mol. The summed E-state index contributed by atoms with van der Waals surface area (Å²) >= 11 is 0. The van der Waals surface area contributed by atoms with E-state index in [4.69, 9.17) is 15.0 Å². The van der Waals surface area contributed by atoms with E-state index >= 15 is 0 Å². The minimum Gasteiger partial charge on any atom is -0.264 e. The lowest BCUT2D eigenvalue weighted by atomic mass is 9.90. The normalized spacial score (nSPS) is 11.7. The van der Waals surface area contributed by atoms with Gasteiger partial charge in [0.25, 0.3) is 0 Å². The molecule has 0 amide bonds. The molecule has 11 aromatic rings. The molecule has 0 bridgehead atoms. The second kappa shape index (κ2) is 12.1. The van der Waals surface area contributed by atoms with Crippen molar-refractivity contribution in [2.24, 2.45) is 0 Å². The van der Waals surface area contributed by atoms with Gasteiger partial charge in [-0.15, -0.1) is 0 Å². The molecule has 0 aliphatic rings. The molecule has 54 heavy (non-hydrogen) atoms. The summed E-state index contributed by atoms with van der Waals surface area (Å²) in [5.41, 5.74) is 5.14. The van der Waals surface area contributed by atoms with Crippen molar-refractivity contribution in [3.8, 4) is 45.3 Å². The molecule has 0 aliphatic heterocycles. The predicted molar refractivity (Wildman–Crippen MR) is 224 cm³/mol. The van der Waals surface area contributed by atoms with E-state index in [-0.39, 0.29) is 0 Å². The first-order valence-corrected chi connectivity index (χ1v) is 18.2. The summed E-state index contributed by atoms with van der Waals surface area (Å²) in [5.74, 6) is 1.92. The van der Waals surface area contributed by atoms with Crippen LogP contribution in [-0.2, 0) is 0 Å². The highest BCUT2D eigenvalue weighted by atomic mass is 15.0. The summed E-state index contributed by atoms with van der Waals surface area (Å²) in [6.45, 7) is 0. The largest absolute Gasteiger partial charge is 0.264 e. The van der Waals surface area contributed by atoms with Gasteiger partial charge in [-0.1, -0.05) is 158 Å². The minimum atomic E-state index is 0.630. The van der Waals surface area contributed by atoms with Crippen molar-refractivity contribution < 1.29 is 0 Å². The second-order valence-corrected chi connectivity index (χ2v) is 13.8. The van der Waals surface area contributed by atoms with Gasteiger partial charge in [0.1, 0.15) is 0 Å². The van der Waals surface area contributed by atoms with Crippen molar-refractivity contribution >= 4 is 64.6 Å². The van der Waals surface area contributed by atoms with Crippen LogP contribution in [0.2, 0.25) is 0 Å². The van der Waals surface area contributed by atoms with Gasteiger partial charge < -0.3 is 0 Å². The number of hydrogen-bond acceptors (Lipinski definition) is 4. The van der Waals surface area contributed by atoms with Gasteiger partial charge >= 0.3 is 0 Å². The molecule has 0 saturated carbocycles. The summed E-state index contributed by atoms with van der Waals surface area (Å²) in [6, 6.07) is 60.1. The third-order valence-corrected chi connectivity index (χ3v) is 10.8. The number of nitrogens with zero attached hydrogens (tertiary/aromatic N) is 4. The van der Waals surface area contributed by atoms with Crippen LogP contribution < -0.4 is 0 Å². The molecule has 0 N–H and O–H groups in total. The van der Waals surface area contributed by atoms with Crippen molar-refractivity contribution in [1.82, 2.24) is 19.9 Å². The molecule has 9 aromatic carbocycles. The van der Waals surface area contributed by atoms with Crippen LogP contribution in [0.15, 0.2) is 182 Å². The number of aromatic nitrogens is 4. The molecule has 2 aromatic heterocycles. The molecule has 0 atom stereocenters. The van der Waals surface area contributed by atoms with Crippen LogP contribution in [-0.4, -0.2) is 19.9 Å². The van der Waals surface area contributed by atoms with E-state index in [1.165, 1.54) is 59.4 Å². The molecule has 4 nitrogen and oxygen atoms in total. The lowest BCUT2D eigenvalue weighted by Crippen LogP contribution is -2.01. The molecule has 0 spiro atoms. The first kappa shape index (κ1) is 30.3. The highest BCUT2D eigenvalue weighted by Crippen LogP contribution is 2.41. The minimum absolute atomic E-state index is 0.630. The monoisotopic (exact) mass is 686 g/mol. The zero-order chi connectivity index (χ0) is 35.6. The van der Waals surface area contributed by atoms with E-state index in [2.05, 4.69) is 157 Å². The van der Waals surface area contributed by atoms with Crippen LogP contribution in [0.1, 0.15) is 0 Å². The lowest BCUT2D eigenvalue weighted by molar-refractivity contribution is 1.08. The van der Waals surface area contributed by atoms with Crippen molar-refractivity contribution in [3.63, 3.8) is 0 Å². The Balaban J connectivity index is 1.12.